The first-order chi connectivity index (χ1) is 8.96. The van der Waals surface area contributed by atoms with Crippen molar-refractivity contribution in [3.63, 3.8) is 0 Å². The molecule has 0 aromatic heterocycles. The van der Waals surface area contributed by atoms with Gasteiger partial charge in [-0.1, -0.05) is 12.1 Å². The Hall–Kier alpha value is -1.05. The monoisotopic (exact) mass is 301 g/mol. The van der Waals surface area contributed by atoms with E-state index in [-0.39, 0.29) is 4.90 Å². The molecule has 0 saturated carbocycles. The molecule has 0 aliphatic carbocycles. The van der Waals surface area contributed by atoms with Crippen LogP contribution >= 0.6 is 11.8 Å². The summed E-state index contributed by atoms with van der Waals surface area (Å²) in [5, 5.41) is -0.782. The van der Waals surface area contributed by atoms with E-state index in [1.165, 1.54) is 23.2 Å². The molecule has 1 heterocycles. The Morgan fingerprint density at radius 1 is 1.47 bits per heavy atom. The van der Waals surface area contributed by atoms with Crippen LogP contribution in [-0.2, 0) is 19.6 Å². The first kappa shape index (κ1) is 14.4. The summed E-state index contributed by atoms with van der Waals surface area (Å²) in [6, 6.07) is 6.67. The van der Waals surface area contributed by atoms with Gasteiger partial charge in [-0.05, 0) is 24.6 Å². The summed E-state index contributed by atoms with van der Waals surface area (Å²) >= 11 is 1.28. The molecule has 1 atom stereocenters. The number of esters is 1. The molecule has 0 bridgehead atoms. The molecule has 1 saturated heterocycles. The number of benzene rings is 1. The van der Waals surface area contributed by atoms with E-state index in [2.05, 4.69) is 4.74 Å². The summed E-state index contributed by atoms with van der Waals surface area (Å²) in [6.45, 7) is 2.15. The number of nitrogens with zero attached hydrogens (tertiary/aromatic N) is 1. The Morgan fingerprint density at radius 2 is 2.21 bits per heavy atom. The lowest BCUT2D eigenvalue weighted by atomic mass is 10.2. The van der Waals surface area contributed by atoms with E-state index in [0.29, 0.717) is 12.3 Å². The average molecular weight is 301 g/mol. The highest BCUT2D eigenvalue weighted by Gasteiger charge is 2.40. The number of aryl methyl sites for hydroxylation is 1. The van der Waals surface area contributed by atoms with Gasteiger partial charge in [0, 0.05) is 12.3 Å². The molecule has 0 radical (unpaired) electrons. The van der Waals surface area contributed by atoms with Crippen LogP contribution in [0.25, 0.3) is 0 Å². The fourth-order valence-corrected chi connectivity index (χ4v) is 5.09. The molecule has 7 heteroatoms. The largest absolute Gasteiger partial charge is 0.467 e. The fourth-order valence-electron chi connectivity index (χ4n) is 1.90. The van der Waals surface area contributed by atoms with Crippen molar-refractivity contribution in [2.75, 3.05) is 19.4 Å². The second-order valence-electron chi connectivity index (χ2n) is 4.18. The Kier molecular flexibility index (Phi) is 4.17. The number of rotatable bonds is 3. The molecular weight excluding hydrogens is 286 g/mol. The van der Waals surface area contributed by atoms with E-state index >= 15 is 0 Å². The molecule has 0 amide bonds. The van der Waals surface area contributed by atoms with Gasteiger partial charge in [0.05, 0.1) is 12.0 Å². The molecule has 1 fully saturated rings. The first-order valence-corrected chi connectivity index (χ1v) is 8.23. The van der Waals surface area contributed by atoms with Gasteiger partial charge in [-0.25, -0.2) is 13.2 Å². The lowest BCUT2D eigenvalue weighted by Gasteiger charge is -2.21. The lowest BCUT2D eigenvalue weighted by molar-refractivity contribution is -0.141. The van der Waals surface area contributed by atoms with E-state index in [1.54, 1.807) is 18.2 Å². The first-order valence-electron chi connectivity index (χ1n) is 5.75. The SMILES string of the molecule is COC(=O)C1SCCN1S(=O)(=O)c1cccc(C)c1. The van der Waals surface area contributed by atoms with Crippen LogP contribution in [0.5, 0.6) is 0 Å². The molecule has 0 spiro atoms. The Balaban J connectivity index is 2.36. The van der Waals surface area contributed by atoms with Gasteiger partial charge in [-0.3, -0.25) is 0 Å². The van der Waals surface area contributed by atoms with Crippen molar-refractivity contribution in [1.29, 1.82) is 0 Å². The van der Waals surface area contributed by atoms with E-state index in [1.807, 2.05) is 13.0 Å². The van der Waals surface area contributed by atoms with E-state index < -0.39 is 21.4 Å². The van der Waals surface area contributed by atoms with E-state index in [0.717, 1.165) is 5.56 Å². The highest BCUT2D eigenvalue weighted by Crippen LogP contribution is 2.30. The summed E-state index contributed by atoms with van der Waals surface area (Å²) in [5.41, 5.74) is 0.863. The van der Waals surface area contributed by atoms with Crippen molar-refractivity contribution in [3.8, 4) is 0 Å². The van der Waals surface area contributed by atoms with Crippen molar-refractivity contribution in [2.45, 2.75) is 17.2 Å². The van der Waals surface area contributed by atoms with Gasteiger partial charge in [-0.2, -0.15) is 4.31 Å². The number of ether oxygens (including phenoxy) is 1. The van der Waals surface area contributed by atoms with Crippen molar-refractivity contribution in [2.24, 2.45) is 0 Å². The lowest BCUT2D eigenvalue weighted by Crippen LogP contribution is -2.39. The summed E-state index contributed by atoms with van der Waals surface area (Å²) in [7, 11) is -2.39. The molecule has 0 N–H and O–H groups in total. The van der Waals surface area contributed by atoms with Crippen LogP contribution in [0.2, 0.25) is 0 Å². The van der Waals surface area contributed by atoms with Crippen LogP contribution in [0, 0.1) is 6.92 Å². The van der Waals surface area contributed by atoms with Gasteiger partial charge < -0.3 is 4.74 Å². The zero-order chi connectivity index (χ0) is 14.0. The van der Waals surface area contributed by atoms with Crippen LogP contribution in [0.3, 0.4) is 0 Å². The minimum Gasteiger partial charge on any atom is -0.467 e. The summed E-state index contributed by atoms with van der Waals surface area (Å²) in [5.74, 6) is 0.0592. The molecule has 2 rings (SSSR count). The maximum absolute atomic E-state index is 12.5. The average Bonchev–Trinajstić information content (AvgIpc) is 2.87. The van der Waals surface area contributed by atoms with Crippen LogP contribution < -0.4 is 0 Å². The summed E-state index contributed by atoms with van der Waals surface area (Å²) in [4.78, 5) is 11.8. The zero-order valence-corrected chi connectivity index (χ0v) is 12.3. The van der Waals surface area contributed by atoms with Crippen LogP contribution in [-0.4, -0.2) is 43.5 Å². The molecule has 1 aliphatic heterocycles. The molecule has 19 heavy (non-hydrogen) atoms. The normalized spacial score (nSPS) is 20.4. The molecule has 1 aromatic carbocycles. The topological polar surface area (TPSA) is 63.7 Å². The van der Waals surface area contributed by atoms with Gasteiger partial charge in [0.2, 0.25) is 10.0 Å². The van der Waals surface area contributed by atoms with Crippen LogP contribution in [0.1, 0.15) is 5.56 Å². The van der Waals surface area contributed by atoms with Crippen molar-refractivity contribution < 1.29 is 17.9 Å². The van der Waals surface area contributed by atoms with Crippen LogP contribution in [0.15, 0.2) is 29.2 Å². The molecule has 104 valence electrons. The Morgan fingerprint density at radius 3 is 2.84 bits per heavy atom. The van der Waals surface area contributed by atoms with Gasteiger partial charge in [0.15, 0.2) is 5.37 Å². The molecule has 1 unspecified atom stereocenters. The number of sulfonamides is 1. The number of carbonyl (C=O) groups excluding carboxylic acids is 1. The van der Waals surface area contributed by atoms with Crippen molar-refractivity contribution in [3.05, 3.63) is 29.8 Å². The van der Waals surface area contributed by atoms with Gasteiger partial charge in [0.1, 0.15) is 0 Å². The molecular formula is C12H15NO4S2. The van der Waals surface area contributed by atoms with Crippen molar-refractivity contribution >= 4 is 27.8 Å². The maximum atomic E-state index is 12.5. The van der Waals surface area contributed by atoms with Gasteiger partial charge in [0.25, 0.3) is 0 Å². The minimum absolute atomic E-state index is 0.212. The summed E-state index contributed by atoms with van der Waals surface area (Å²) in [6.07, 6.45) is 0. The van der Waals surface area contributed by atoms with E-state index in [4.69, 9.17) is 0 Å². The van der Waals surface area contributed by atoms with Crippen molar-refractivity contribution in [1.82, 2.24) is 4.31 Å². The highest BCUT2D eigenvalue weighted by molar-refractivity contribution is 8.02. The third-order valence-corrected chi connectivity index (χ3v) is 6.02. The predicted octanol–water partition coefficient (Wildman–Crippen LogP) is 1.23. The van der Waals surface area contributed by atoms with E-state index in [9.17, 15) is 13.2 Å². The smallest absolute Gasteiger partial charge is 0.334 e. The molecule has 1 aromatic rings. The number of carbonyl (C=O) groups is 1. The third kappa shape index (κ3) is 2.77. The second kappa shape index (κ2) is 5.52. The quantitative estimate of drug-likeness (QED) is 0.786. The van der Waals surface area contributed by atoms with Gasteiger partial charge in [-0.15, -0.1) is 11.8 Å². The third-order valence-electron chi connectivity index (χ3n) is 2.85. The Labute approximate surface area is 117 Å². The molecule has 5 nitrogen and oxygen atoms in total. The maximum Gasteiger partial charge on any atom is 0.334 e. The minimum atomic E-state index is -3.65. The highest BCUT2D eigenvalue weighted by atomic mass is 32.2. The predicted molar refractivity (Wildman–Crippen MR) is 73.3 cm³/mol. The van der Waals surface area contributed by atoms with Gasteiger partial charge >= 0.3 is 5.97 Å². The fraction of sp³-hybridized carbons (Fsp3) is 0.417. The molecule has 1 aliphatic rings. The van der Waals surface area contributed by atoms with Crippen LogP contribution in [0.4, 0.5) is 0 Å². The number of hydrogen-bond acceptors (Lipinski definition) is 5. The second-order valence-corrected chi connectivity index (χ2v) is 7.26. The standard InChI is InChI=1S/C12H15NO4S2/c1-9-4-3-5-10(8-9)19(15,16)13-6-7-18-11(13)12(14)17-2/h3-5,8,11H,6-7H2,1-2H3. The number of hydrogen-bond donors (Lipinski definition) is 0. The summed E-state index contributed by atoms with van der Waals surface area (Å²) < 4.78 is 30.9. The Bertz CT molecular complexity index is 585. The zero-order valence-electron chi connectivity index (χ0n) is 10.7. The number of thioether (sulfide) groups is 1. The number of methoxy groups -OCH3 is 1.